The van der Waals surface area contributed by atoms with Gasteiger partial charge in [-0.05, 0) is 55.8 Å². The van der Waals surface area contributed by atoms with E-state index in [-0.39, 0.29) is 0 Å². The Morgan fingerprint density at radius 2 is 1.95 bits per heavy atom. The Kier molecular flexibility index (Phi) is 6.89. The zero-order valence-corrected chi connectivity index (χ0v) is 13.6. The van der Waals surface area contributed by atoms with Gasteiger partial charge in [-0.3, -0.25) is 0 Å². The van der Waals surface area contributed by atoms with Crippen molar-refractivity contribution in [3.8, 4) is 0 Å². The van der Waals surface area contributed by atoms with Crippen LogP contribution in [0, 0.1) is 29.6 Å². The van der Waals surface area contributed by atoms with Gasteiger partial charge in [0, 0.05) is 0 Å². The van der Waals surface area contributed by atoms with Crippen LogP contribution in [0.2, 0.25) is 0 Å². The minimum absolute atomic E-state index is 0.673. The standard InChI is InChI=1S/C19H34/c1-7-9-19-17(13-12-14(2)3)10-8-11-18(19)16(6)15(4)5/h7,14,16-19H,1,4,8-13H2,2-3,5-6H3. The van der Waals surface area contributed by atoms with Crippen LogP contribution in [0.1, 0.15) is 66.2 Å². The Morgan fingerprint density at radius 1 is 1.26 bits per heavy atom. The van der Waals surface area contributed by atoms with Crippen molar-refractivity contribution in [1.29, 1.82) is 0 Å². The molecule has 0 nitrogen and oxygen atoms in total. The molecule has 1 aliphatic rings. The fraction of sp³-hybridized carbons (Fsp3) is 0.789. The molecule has 4 atom stereocenters. The summed E-state index contributed by atoms with van der Waals surface area (Å²) in [5.41, 5.74) is 1.36. The van der Waals surface area contributed by atoms with Crippen molar-refractivity contribution in [3.63, 3.8) is 0 Å². The summed E-state index contributed by atoms with van der Waals surface area (Å²) in [6, 6.07) is 0. The van der Waals surface area contributed by atoms with Crippen LogP contribution in [0.4, 0.5) is 0 Å². The van der Waals surface area contributed by atoms with Crippen molar-refractivity contribution in [3.05, 3.63) is 24.8 Å². The van der Waals surface area contributed by atoms with E-state index >= 15 is 0 Å². The number of allylic oxidation sites excluding steroid dienone is 2. The molecule has 0 heterocycles. The topological polar surface area (TPSA) is 0 Å². The lowest BCUT2D eigenvalue weighted by atomic mass is 9.64. The second-order valence-electron chi connectivity index (χ2n) is 7.15. The number of hydrogen-bond acceptors (Lipinski definition) is 0. The van der Waals surface area contributed by atoms with E-state index in [1.807, 2.05) is 0 Å². The Labute approximate surface area is 121 Å². The highest BCUT2D eigenvalue weighted by atomic mass is 14.4. The second-order valence-corrected chi connectivity index (χ2v) is 7.15. The first kappa shape index (κ1) is 16.5. The Bertz CT molecular complexity index is 286. The van der Waals surface area contributed by atoms with Crippen LogP contribution in [-0.2, 0) is 0 Å². The number of rotatable bonds is 7. The molecule has 0 aromatic rings. The van der Waals surface area contributed by atoms with Crippen LogP contribution in [0.5, 0.6) is 0 Å². The lowest BCUT2D eigenvalue weighted by Crippen LogP contribution is -2.32. The van der Waals surface area contributed by atoms with Crippen molar-refractivity contribution < 1.29 is 0 Å². The van der Waals surface area contributed by atoms with Crippen molar-refractivity contribution >= 4 is 0 Å². The van der Waals surface area contributed by atoms with Crippen molar-refractivity contribution in [2.45, 2.75) is 66.2 Å². The molecule has 1 rings (SSSR count). The lowest BCUT2D eigenvalue weighted by Gasteiger charge is -2.41. The zero-order chi connectivity index (χ0) is 14.4. The smallest absolute Gasteiger partial charge is 0.0206 e. The van der Waals surface area contributed by atoms with Crippen LogP contribution in [0.25, 0.3) is 0 Å². The minimum atomic E-state index is 0.673. The van der Waals surface area contributed by atoms with Crippen LogP contribution >= 0.6 is 0 Å². The zero-order valence-electron chi connectivity index (χ0n) is 13.6. The maximum atomic E-state index is 4.20. The van der Waals surface area contributed by atoms with Gasteiger partial charge in [0.05, 0.1) is 0 Å². The molecular weight excluding hydrogens is 228 g/mol. The number of hydrogen-bond donors (Lipinski definition) is 0. The van der Waals surface area contributed by atoms with Gasteiger partial charge in [0.1, 0.15) is 0 Å². The molecule has 0 spiro atoms. The van der Waals surface area contributed by atoms with E-state index in [0.717, 1.165) is 23.7 Å². The largest absolute Gasteiger partial charge is 0.103 e. The van der Waals surface area contributed by atoms with Gasteiger partial charge in [-0.1, -0.05) is 58.3 Å². The van der Waals surface area contributed by atoms with Crippen LogP contribution in [0.15, 0.2) is 24.8 Å². The SMILES string of the molecule is C=CCC1C(CCC(C)C)CCCC1C(C)C(=C)C. The highest BCUT2D eigenvalue weighted by Crippen LogP contribution is 2.44. The van der Waals surface area contributed by atoms with Crippen LogP contribution < -0.4 is 0 Å². The van der Waals surface area contributed by atoms with Gasteiger partial charge in [0.2, 0.25) is 0 Å². The molecule has 0 aromatic heterocycles. The molecule has 0 amide bonds. The summed E-state index contributed by atoms with van der Waals surface area (Å²) in [4.78, 5) is 0. The summed E-state index contributed by atoms with van der Waals surface area (Å²) in [5, 5.41) is 0. The molecule has 0 heteroatoms. The summed E-state index contributed by atoms with van der Waals surface area (Å²) < 4.78 is 0. The predicted molar refractivity (Wildman–Crippen MR) is 87.2 cm³/mol. The first-order chi connectivity index (χ1) is 8.97. The highest BCUT2D eigenvalue weighted by Gasteiger charge is 2.35. The van der Waals surface area contributed by atoms with Crippen molar-refractivity contribution in [2.24, 2.45) is 29.6 Å². The van der Waals surface area contributed by atoms with Crippen molar-refractivity contribution in [1.82, 2.24) is 0 Å². The molecule has 0 bridgehead atoms. The molecule has 0 radical (unpaired) electrons. The Hall–Kier alpha value is -0.520. The molecule has 19 heavy (non-hydrogen) atoms. The van der Waals surface area contributed by atoms with Crippen molar-refractivity contribution in [2.75, 3.05) is 0 Å². The quantitative estimate of drug-likeness (QED) is 0.476. The first-order valence-electron chi connectivity index (χ1n) is 8.23. The van der Waals surface area contributed by atoms with Crippen LogP contribution in [0.3, 0.4) is 0 Å². The van der Waals surface area contributed by atoms with E-state index in [9.17, 15) is 0 Å². The summed E-state index contributed by atoms with van der Waals surface area (Å²) in [6.45, 7) is 17.5. The first-order valence-corrected chi connectivity index (χ1v) is 8.23. The van der Waals surface area contributed by atoms with E-state index in [1.54, 1.807) is 0 Å². The maximum absolute atomic E-state index is 4.20. The molecule has 1 aliphatic carbocycles. The van der Waals surface area contributed by atoms with E-state index in [0.29, 0.717) is 5.92 Å². The molecule has 0 N–H and O–H groups in total. The van der Waals surface area contributed by atoms with Gasteiger partial charge >= 0.3 is 0 Å². The highest BCUT2D eigenvalue weighted by molar-refractivity contribution is 5.01. The molecule has 0 saturated heterocycles. The molecule has 1 fully saturated rings. The Morgan fingerprint density at radius 3 is 2.47 bits per heavy atom. The summed E-state index contributed by atoms with van der Waals surface area (Å²) in [5.74, 6) is 4.11. The minimum Gasteiger partial charge on any atom is -0.103 e. The molecule has 1 saturated carbocycles. The average molecular weight is 262 g/mol. The van der Waals surface area contributed by atoms with Gasteiger partial charge in [0.15, 0.2) is 0 Å². The third kappa shape index (κ3) is 4.82. The van der Waals surface area contributed by atoms with E-state index in [2.05, 4.69) is 46.9 Å². The van der Waals surface area contributed by atoms with E-state index in [4.69, 9.17) is 0 Å². The van der Waals surface area contributed by atoms with Crippen LogP contribution in [-0.4, -0.2) is 0 Å². The molecule has 110 valence electrons. The predicted octanol–water partition coefficient (Wildman–Crippen LogP) is 6.24. The summed E-state index contributed by atoms with van der Waals surface area (Å²) in [7, 11) is 0. The molecule has 4 unspecified atom stereocenters. The summed E-state index contributed by atoms with van der Waals surface area (Å²) >= 11 is 0. The van der Waals surface area contributed by atoms with E-state index < -0.39 is 0 Å². The van der Waals surface area contributed by atoms with Gasteiger partial charge in [-0.15, -0.1) is 6.58 Å². The second kappa shape index (κ2) is 7.92. The molecule has 0 aromatic carbocycles. The average Bonchev–Trinajstić information content (AvgIpc) is 2.36. The summed E-state index contributed by atoms with van der Waals surface area (Å²) in [6.07, 6.45) is 10.4. The molecular formula is C19H34. The van der Waals surface area contributed by atoms with Gasteiger partial charge in [0.25, 0.3) is 0 Å². The Balaban J connectivity index is 2.74. The normalized spacial score (nSPS) is 29.2. The third-order valence-electron chi connectivity index (χ3n) is 5.24. The fourth-order valence-electron chi connectivity index (χ4n) is 3.85. The monoisotopic (exact) mass is 262 g/mol. The lowest BCUT2D eigenvalue weighted by molar-refractivity contribution is 0.110. The maximum Gasteiger partial charge on any atom is -0.0206 e. The molecule has 0 aliphatic heterocycles. The van der Waals surface area contributed by atoms with Gasteiger partial charge in [-0.2, -0.15) is 0 Å². The third-order valence-corrected chi connectivity index (χ3v) is 5.24. The van der Waals surface area contributed by atoms with Gasteiger partial charge < -0.3 is 0 Å². The fourth-order valence-corrected chi connectivity index (χ4v) is 3.85. The van der Waals surface area contributed by atoms with E-state index in [1.165, 1.54) is 44.1 Å². The van der Waals surface area contributed by atoms with Gasteiger partial charge in [-0.25, -0.2) is 0 Å².